The van der Waals surface area contributed by atoms with E-state index < -0.39 is 11.8 Å². The fraction of sp³-hybridized carbons (Fsp3) is 0.600. The standard InChI is InChI=1S/C20H26N4O5S/c1-11(2)24-17(26)15-12(3)14(10-22-7-6-21-16(25)18(22)27)30-19(15)23(20(24)28)9-13-5-4-8-29-13/h11,13H,4-10H2,1-3H3,(H,21,25). The Morgan fingerprint density at radius 2 is 2.00 bits per heavy atom. The summed E-state index contributed by atoms with van der Waals surface area (Å²) in [5.74, 6) is -1.19. The van der Waals surface area contributed by atoms with Gasteiger partial charge in [-0.25, -0.2) is 4.79 Å². The second-order valence-electron chi connectivity index (χ2n) is 8.11. The van der Waals surface area contributed by atoms with E-state index in [2.05, 4.69) is 5.32 Å². The second-order valence-corrected chi connectivity index (χ2v) is 9.19. The summed E-state index contributed by atoms with van der Waals surface area (Å²) in [5.41, 5.74) is 0.116. The summed E-state index contributed by atoms with van der Waals surface area (Å²) < 4.78 is 8.68. The summed E-state index contributed by atoms with van der Waals surface area (Å²) in [4.78, 5) is 53.2. The number of nitrogens with one attached hydrogen (secondary N) is 1. The van der Waals surface area contributed by atoms with Gasteiger partial charge >= 0.3 is 17.5 Å². The molecule has 30 heavy (non-hydrogen) atoms. The molecule has 0 aromatic carbocycles. The number of carbonyl (C=O) groups excluding carboxylic acids is 2. The van der Waals surface area contributed by atoms with E-state index in [0.29, 0.717) is 36.5 Å². The number of piperazine rings is 1. The molecule has 0 aliphatic carbocycles. The van der Waals surface area contributed by atoms with E-state index in [0.717, 1.165) is 23.3 Å². The number of thiophene rings is 1. The van der Waals surface area contributed by atoms with Gasteiger partial charge in [0.1, 0.15) is 4.83 Å². The Morgan fingerprint density at radius 1 is 1.23 bits per heavy atom. The summed E-state index contributed by atoms with van der Waals surface area (Å²) in [6, 6.07) is -0.278. The number of ether oxygens (including phenoxy) is 1. The number of aromatic nitrogens is 2. The Labute approximate surface area is 177 Å². The third-order valence-corrected chi connectivity index (χ3v) is 7.05. The van der Waals surface area contributed by atoms with Crippen molar-refractivity contribution in [3.05, 3.63) is 31.3 Å². The lowest BCUT2D eigenvalue weighted by Gasteiger charge is -2.26. The summed E-state index contributed by atoms with van der Waals surface area (Å²) in [6.45, 7) is 7.61. The number of nitrogens with zero attached hydrogens (tertiary/aromatic N) is 3. The van der Waals surface area contributed by atoms with Gasteiger partial charge in [0.15, 0.2) is 0 Å². The molecular formula is C20H26N4O5S. The monoisotopic (exact) mass is 434 g/mol. The van der Waals surface area contributed by atoms with Gasteiger partial charge in [-0.15, -0.1) is 11.3 Å². The molecule has 162 valence electrons. The van der Waals surface area contributed by atoms with Crippen LogP contribution in [0.5, 0.6) is 0 Å². The van der Waals surface area contributed by atoms with Crippen LogP contribution in [-0.4, -0.2) is 51.6 Å². The highest BCUT2D eigenvalue weighted by molar-refractivity contribution is 7.18. The number of hydrogen-bond donors (Lipinski definition) is 1. The molecule has 2 aliphatic heterocycles. The van der Waals surface area contributed by atoms with E-state index in [1.54, 1.807) is 4.57 Å². The van der Waals surface area contributed by atoms with Crippen LogP contribution >= 0.6 is 11.3 Å². The van der Waals surface area contributed by atoms with Gasteiger partial charge in [-0.3, -0.25) is 23.5 Å². The molecule has 10 heteroatoms. The molecule has 4 rings (SSSR count). The molecule has 4 heterocycles. The van der Waals surface area contributed by atoms with Crippen LogP contribution in [0.1, 0.15) is 43.2 Å². The zero-order valence-electron chi connectivity index (χ0n) is 17.4. The number of aryl methyl sites for hydroxylation is 1. The molecule has 1 atom stereocenters. The lowest BCUT2D eigenvalue weighted by atomic mass is 10.2. The van der Waals surface area contributed by atoms with E-state index in [4.69, 9.17) is 4.74 Å². The highest BCUT2D eigenvalue weighted by Crippen LogP contribution is 2.30. The number of fused-ring (bicyclic) bond motifs is 1. The largest absolute Gasteiger partial charge is 0.376 e. The maximum Gasteiger partial charge on any atom is 0.332 e. The predicted molar refractivity (Wildman–Crippen MR) is 113 cm³/mol. The van der Waals surface area contributed by atoms with Crippen LogP contribution in [0.15, 0.2) is 9.59 Å². The van der Waals surface area contributed by atoms with Gasteiger partial charge in [0.2, 0.25) is 0 Å². The van der Waals surface area contributed by atoms with Crippen molar-refractivity contribution in [3.8, 4) is 0 Å². The number of hydrogen-bond acceptors (Lipinski definition) is 6. The van der Waals surface area contributed by atoms with Crippen LogP contribution in [0.25, 0.3) is 10.2 Å². The zero-order chi connectivity index (χ0) is 21.6. The fourth-order valence-corrected chi connectivity index (χ4v) is 5.43. The predicted octanol–water partition coefficient (Wildman–Crippen LogP) is 0.751. The molecule has 0 saturated carbocycles. The molecule has 2 amide bonds. The molecule has 2 aromatic heterocycles. The molecule has 0 radical (unpaired) electrons. The third-order valence-electron chi connectivity index (χ3n) is 5.75. The van der Waals surface area contributed by atoms with Crippen molar-refractivity contribution in [2.45, 2.75) is 58.8 Å². The summed E-state index contributed by atoms with van der Waals surface area (Å²) in [7, 11) is 0. The average Bonchev–Trinajstić information content (AvgIpc) is 3.31. The summed E-state index contributed by atoms with van der Waals surface area (Å²) in [5, 5.41) is 3.04. The summed E-state index contributed by atoms with van der Waals surface area (Å²) >= 11 is 1.35. The van der Waals surface area contributed by atoms with E-state index >= 15 is 0 Å². The molecule has 0 spiro atoms. The van der Waals surface area contributed by atoms with Gasteiger partial charge in [-0.05, 0) is 39.2 Å². The van der Waals surface area contributed by atoms with E-state index in [1.807, 2.05) is 20.8 Å². The van der Waals surface area contributed by atoms with Crippen molar-refractivity contribution in [2.24, 2.45) is 0 Å². The van der Waals surface area contributed by atoms with Crippen LogP contribution in [0.3, 0.4) is 0 Å². The molecule has 2 saturated heterocycles. The van der Waals surface area contributed by atoms with E-state index in [1.165, 1.54) is 20.8 Å². The normalized spacial score (nSPS) is 19.9. The minimum absolute atomic E-state index is 0.0535. The Morgan fingerprint density at radius 3 is 2.67 bits per heavy atom. The Hall–Kier alpha value is -2.46. The van der Waals surface area contributed by atoms with Gasteiger partial charge in [-0.1, -0.05) is 0 Å². The smallest absolute Gasteiger partial charge is 0.332 e. The van der Waals surface area contributed by atoms with Crippen molar-refractivity contribution in [1.82, 2.24) is 19.4 Å². The third kappa shape index (κ3) is 3.47. The molecule has 2 fully saturated rings. The van der Waals surface area contributed by atoms with Gasteiger partial charge < -0.3 is 15.0 Å². The molecule has 9 nitrogen and oxygen atoms in total. The van der Waals surface area contributed by atoms with Gasteiger partial charge in [0, 0.05) is 30.6 Å². The van der Waals surface area contributed by atoms with Gasteiger partial charge in [-0.2, -0.15) is 0 Å². The van der Waals surface area contributed by atoms with Crippen LogP contribution in [0.4, 0.5) is 0 Å². The first-order chi connectivity index (χ1) is 14.3. The molecule has 0 bridgehead atoms. The van der Waals surface area contributed by atoms with Crippen molar-refractivity contribution >= 4 is 33.4 Å². The topological polar surface area (TPSA) is 103 Å². The lowest BCUT2D eigenvalue weighted by Crippen LogP contribution is -2.51. The van der Waals surface area contributed by atoms with Crippen molar-refractivity contribution in [1.29, 1.82) is 0 Å². The SMILES string of the molecule is Cc1c(CN2CCNC(=O)C2=O)sc2c1c(=O)n(C(C)C)c(=O)n2CC1CCCO1. The van der Waals surface area contributed by atoms with Crippen LogP contribution in [0.2, 0.25) is 0 Å². The van der Waals surface area contributed by atoms with Crippen LogP contribution < -0.4 is 16.6 Å². The van der Waals surface area contributed by atoms with Gasteiger partial charge in [0.05, 0.1) is 24.6 Å². The van der Waals surface area contributed by atoms with E-state index in [-0.39, 0.29) is 29.9 Å². The maximum absolute atomic E-state index is 13.2. The number of amides is 2. The quantitative estimate of drug-likeness (QED) is 0.700. The van der Waals surface area contributed by atoms with Gasteiger partial charge in [0.25, 0.3) is 5.56 Å². The first-order valence-electron chi connectivity index (χ1n) is 10.3. The lowest BCUT2D eigenvalue weighted by molar-refractivity contribution is -0.148. The van der Waals surface area contributed by atoms with Crippen molar-refractivity contribution in [3.63, 3.8) is 0 Å². The van der Waals surface area contributed by atoms with Crippen molar-refractivity contribution in [2.75, 3.05) is 19.7 Å². The number of rotatable bonds is 5. The highest BCUT2D eigenvalue weighted by Gasteiger charge is 2.29. The maximum atomic E-state index is 13.2. The van der Waals surface area contributed by atoms with Crippen LogP contribution in [0, 0.1) is 6.92 Å². The zero-order valence-corrected chi connectivity index (χ0v) is 18.2. The average molecular weight is 435 g/mol. The number of carbonyl (C=O) groups is 2. The minimum atomic E-state index is -0.613. The Kier molecular flexibility index (Phi) is 5.54. The Bertz CT molecular complexity index is 1120. The van der Waals surface area contributed by atoms with E-state index in [9.17, 15) is 19.2 Å². The summed E-state index contributed by atoms with van der Waals surface area (Å²) in [6.07, 6.45) is 1.78. The first kappa shape index (κ1) is 20.8. The Balaban J connectivity index is 1.84. The minimum Gasteiger partial charge on any atom is -0.376 e. The second kappa shape index (κ2) is 7.99. The fourth-order valence-electron chi connectivity index (χ4n) is 4.12. The molecule has 2 aliphatic rings. The van der Waals surface area contributed by atoms with Crippen LogP contribution in [-0.2, 0) is 27.4 Å². The molecule has 1 N–H and O–H groups in total. The van der Waals surface area contributed by atoms with Crippen molar-refractivity contribution < 1.29 is 14.3 Å². The molecule has 2 aromatic rings. The highest BCUT2D eigenvalue weighted by atomic mass is 32.1. The molecular weight excluding hydrogens is 408 g/mol. The molecule has 1 unspecified atom stereocenters. The first-order valence-corrected chi connectivity index (χ1v) is 11.1.